The second kappa shape index (κ2) is 7.39. The van der Waals surface area contributed by atoms with Crippen LogP contribution in [-0.4, -0.2) is 61.9 Å². The third kappa shape index (κ3) is 4.60. The summed E-state index contributed by atoms with van der Waals surface area (Å²) in [7, 11) is 3.79. The van der Waals surface area contributed by atoms with Gasteiger partial charge in [-0.25, -0.2) is 0 Å². The van der Waals surface area contributed by atoms with E-state index in [2.05, 4.69) is 5.32 Å². The molecule has 1 atom stereocenters. The number of carbonyl (C=O) groups excluding carboxylic acids is 2. The second-order valence-electron chi connectivity index (χ2n) is 7.73. The zero-order chi connectivity index (χ0) is 15.7. The van der Waals surface area contributed by atoms with Gasteiger partial charge in [0, 0.05) is 40.2 Å². The van der Waals surface area contributed by atoms with Crippen LogP contribution >= 0.6 is 12.4 Å². The maximum Gasteiger partial charge on any atom is 0.230 e. The fourth-order valence-electron chi connectivity index (χ4n) is 3.54. The van der Waals surface area contributed by atoms with Crippen molar-refractivity contribution in [2.45, 2.75) is 38.5 Å². The topological polar surface area (TPSA) is 52.7 Å². The fraction of sp³-hybridized carbons (Fsp3) is 0.882. The van der Waals surface area contributed by atoms with Crippen molar-refractivity contribution in [1.82, 2.24) is 15.1 Å². The Hall–Kier alpha value is -0.810. The van der Waals surface area contributed by atoms with Crippen molar-refractivity contribution in [3.8, 4) is 0 Å². The first-order valence-corrected chi connectivity index (χ1v) is 8.70. The highest BCUT2D eigenvalue weighted by Crippen LogP contribution is 2.36. The molecule has 0 spiro atoms. The van der Waals surface area contributed by atoms with Crippen molar-refractivity contribution in [3.05, 3.63) is 0 Å². The largest absolute Gasteiger partial charge is 0.345 e. The molecular formula is C17H30ClN3O2. The van der Waals surface area contributed by atoms with Crippen LogP contribution in [0.2, 0.25) is 0 Å². The molecule has 0 bridgehead atoms. The first kappa shape index (κ1) is 18.5. The van der Waals surface area contributed by atoms with Crippen LogP contribution in [0.4, 0.5) is 0 Å². The number of hydrogen-bond acceptors (Lipinski definition) is 3. The van der Waals surface area contributed by atoms with E-state index in [1.54, 1.807) is 0 Å². The van der Waals surface area contributed by atoms with Crippen LogP contribution in [0.15, 0.2) is 0 Å². The summed E-state index contributed by atoms with van der Waals surface area (Å²) in [6.07, 6.45) is 6.11. The van der Waals surface area contributed by atoms with Crippen LogP contribution in [0, 0.1) is 17.3 Å². The van der Waals surface area contributed by atoms with Crippen LogP contribution in [0.5, 0.6) is 0 Å². The van der Waals surface area contributed by atoms with E-state index in [1.165, 1.54) is 25.7 Å². The standard InChI is InChI=1S/C17H29N3O2.ClH/c1-19(10-13-3-4-13)15(21)9-17(7-8-18-12-17)16(22)20(2)11-14-5-6-14;/h13-14,18H,3-12H2,1-2H3;1H. The molecule has 1 aliphatic heterocycles. The van der Waals surface area contributed by atoms with Crippen molar-refractivity contribution in [1.29, 1.82) is 0 Å². The maximum atomic E-state index is 12.9. The molecule has 1 unspecified atom stereocenters. The van der Waals surface area contributed by atoms with Gasteiger partial charge in [0.05, 0.1) is 5.41 Å². The molecule has 0 aromatic carbocycles. The minimum absolute atomic E-state index is 0. The summed E-state index contributed by atoms with van der Waals surface area (Å²) < 4.78 is 0. The Kier molecular flexibility index (Phi) is 5.95. The zero-order valence-corrected chi connectivity index (χ0v) is 15.2. The molecule has 2 aliphatic carbocycles. The molecule has 6 heteroatoms. The van der Waals surface area contributed by atoms with Gasteiger partial charge in [-0.15, -0.1) is 12.4 Å². The van der Waals surface area contributed by atoms with Crippen molar-refractivity contribution >= 4 is 24.2 Å². The molecule has 23 heavy (non-hydrogen) atoms. The highest BCUT2D eigenvalue weighted by Gasteiger charge is 2.45. The van der Waals surface area contributed by atoms with Crippen molar-refractivity contribution < 1.29 is 9.59 Å². The molecule has 3 aliphatic rings. The molecule has 3 fully saturated rings. The van der Waals surface area contributed by atoms with Crippen molar-refractivity contribution in [2.75, 3.05) is 40.3 Å². The number of nitrogens with zero attached hydrogens (tertiary/aromatic N) is 2. The first-order chi connectivity index (χ1) is 10.5. The Balaban J connectivity index is 0.00000192. The van der Waals surface area contributed by atoms with Crippen LogP contribution in [0.25, 0.3) is 0 Å². The lowest BCUT2D eigenvalue weighted by molar-refractivity contribution is -0.146. The molecule has 0 aromatic heterocycles. The van der Waals surface area contributed by atoms with E-state index < -0.39 is 5.41 Å². The molecule has 0 radical (unpaired) electrons. The monoisotopic (exact) mass is 343 g/mol. The summed E-state index contributed by atoms with van der Waals surface area (Å²) in [6, 6.07) is 0. The Morgan fingerprint density at radius 2 is 1.61 bits per heavy atom. The third-order valence-corrected chi connectivity index (χ3v) is 5.42. The fourth-order valence-corrected chi connectivity index (χ4v) is 3.54. The van der Waals surface area contributed by atoms with Gasteiger partial charge in [0.1, 0.15) is 0 Å². The molecule has 3 rings (SSSR count). The summed E-state index contributed by atoms with van der Waals surface area (Å²) in [6.45, 7) is 3.19. The van der Waals surface area contributed by atoms with Gasteiger partial charge in [-0.2, -0.15) is 0 Å². The third-order valence-electron chi connectivity index (χ3n) is 5.42. The summed E-state index contributed by atoms with van der Waals surface area (Å²) in [4.78, 5) is 29.2. The van der Waals surface area contributed by atoms with Gasteiger partial charge in [-0.3, -0.25) is 9.59 Å². The van der Waals surface area contributed by atoms with E-state index in [0.29, 0.717) is 24.8 Å². The Morgan fingerprint density at radius 3 is 2.09 bits per heavy atom. The van der Waals surface area contributed by atoms with E-state index in [4.69, 9.17) is 0 Å². The van der Waals surface area contributed by atoms with Crippen LogP contribution in [0.1, 0.15) is 38.5 Å². The Morgan fingerprint density at radius 1 is 1.04 bits per heavy atom. The summed E-state index contributed by atoms with van der Waals surface area (Å²) >= 11 is 0. The molecule has 0 aromatic rings. The predicted octanol–water partition coefficient (Wildman–Crippen LogP) is 1.51. The number of rotatable bonds is 7. The molecule has 2 saturated carbocycles. The molecule has 5 nitrogen and oxygen atoms in total. The van der Waals surface area contributed by atoms with Gasteiger partial charge in [-0.05, 0) is 50.5 Å². The zero-order valence-electron chi connectivity index (χ0n) is 14.3. The van der Waals surface area contributed by atoms with E-state index in [1.807, 2.05) is 23.9 Å². The van der Waals surface area contributed by atoms with Crippen LogP contribution in [0.3, 0.4) is 0 Å². The van der Waals surface area contributed by atoms with E-state index in [0.717, 1.165) is 26.1 Å². The molecule has 132 valence electrons. The summed E-state index contributed by atoms with van der Waals surface area (Å²) in [5, 5.41) is 3.30. The minimum atomic E-state index is -0.515. The highest BCUT2D eigenvalue weighted by molar-refractivity contribution is 5.89. The molecule has 1 N–H and O–H groups in total. The van der Waals surface area contributed by atoms with Gasteiger partial charge < -0.3 is 15.1 Å². The summed E-state index contributed by atoms with van der Waals surface area (Å²) in [5.74, 6) is 1.68. The number of nitrogens with one attached hydrogen (secondary N) is 1. The smallest absolute Gasteiger partial charge is 0.230 e. The number of carbonyl (C=O) groups is 2. The van der Waals surface area contributed by atoms with Gasteiger partial charge in [0.15, 0.2) is 0 Å². The van der Waals surface area contributed by atoms with Gasteiger partial charge in [0.2, 0.25) is 11.8 Å². The SMILES string of the molecule is CN(CC1CC1)C(=O)CC1(C(=O)N(C)CC2CC2)CCNC1.Cl. The van der Waals surface area contributed by atoms with Crippen LogP contribution < -0.4 is 5.32 Å². The van der Waals surface area contributed by atoms with Gasteiger partial charge in [0.25, 0.3) is 0 Å². The van der Waals surface area contributed by atoms with Gasteiger partial charge in [-0.1, -0.05) is 0 Å². The Bertz CT molecular complexity index is 443. The highest BCUT2D eigenvalue weighted by atomic mass is 35.5. The lowest BCUT2D eigenvalue weighted by Crippen LogP contribution is -2.47. The maximum absolute atomic E-state index is 12.9. The molecule has 1 saturated heterocycles. The van der Waals surface area contributed by atoms with Crippen LogP contribution in [-0.2, 0) is 9.59 Å². The quantitative estimate of drug-likeness (QED) is 0.762. The van der Waals surface area contributed by atoms with E-state index in [-0.39, 0.29) is 24.2 Å². The average Bonchev–Trinajstić information content (AvgIpc) is 3.41. The average molecular weight is 344 g/mol. The summed E-state index contributed by atoms with van der Waals surface area (Å²) in [5.41, 5.74) is -0.515. The van der Waals surface area contributed by atoms with Gasteiger partial charge >= 0.3 is 0 Å². The lowest BCUT2D eigenvalue weighted by Gasteiger charge is -2.32. The van der Waals surface area contributed by atoms with E-state index >= 15 is 0 Å². The predicted molar refractivity (Wildman–Crippen MR) is 92.5 cm³/mol. The lowest BCUT2D eigenvalue weighted by atomic mass is 9.81. The molecule has 2 amide bonds. The Labute approximate surface area is 145 Å². The van der Waals surface area contributed by atoms with E-state index in [9.17, 15) is 9.59 Å². The second-order valence-corrected chi connectivity index (χ2v) is 7.73. The molecular weight excluding hydrogens is 314 g/mol. The normalized spacial score (nSPS) is 26.5. The minimum Gasteiger partial charge on any atom is -0.345 e. The first-order valence-electron chi connectivity index (χ1n) is 8.70. The van der Waals surface area contributed by atoms with Crippen molar-refractivity contribution in [2.24, 2.45) is 17.3 Å². The van der Waals surface area contributed by atoms with Crippen molar-refractivity contribution in [3.63, 3.8) is 0 Å². The number of halogens is 1. The number of hydrogen-bond donors (Lipinski definition) is 1. The molecule has 1 heterocycles. The number of amides is 2.